The minimum atomic E-state index is -0.171. The van der Waals surface area contributed by atoms with Crippen molar-refractivity contribution in [3.05, 3.63) is 41.7 Å². The number of anilines is 1. The van der Waals surface area contributed by atoms with Gasteiger partial charge in [0.1, 0.15) is 5.69 Å². The summed E-state index contributed by atoms with van der Waals surface area (Å²) in [5.74, 6) is 0.690. The van der Waals surface area contributed by atoms with Gasteiger partial charge in [0.2, 0.25) is 5.91 Å². The van der Waals surface area contributed by atoms with E-state index in [2.05, 4.69) is 34.5 Å². The van der Waals surface area contributed by atoms with Crippen LogP contribution < -0.4 is 5.32 Å². The summed E-state index contributed by atoms with van der Waals surface area (Å²) in [6.07, 6.45) is 0.154. The lowest BCUT2D eigenvalue weighted by Gasteiger charge is -1.99. The normalized spacial score (nSPS) is 11.2. The van der Waals surface area contributed by atoms with Gasteiger partial charge in [-0.2, -0.15) is 5.10 Å². The summed E-state index contributed by atoms with van der Waals surface area (Å²) in [4.78, 5) is 12.1. The number of benzene rings is 1. The van der Waals surface area contributed by atoms with Crippen LogP contribution in [0.1, 0.15) is 31.2 Å². The summed E-state index contributed by atoms with van der Waals surface area (Å²) < 4.78 is 5.18. The van der Waals surface area contributed by atoms with Gasteiger partial charge in [-0.25, -0.2) is 0 Å². The fourth-order valence-electron chi connectivity index (χ4n) is 2.10. The molecular formula is C15H16N4O2. The van der Waals surface area contributed by atoms with E-state index in [-0.39, 0.29) is 12.3 Å². The Balaban J connectivity index is 1.71. The SMILES string of the molecule is CC(C)c1cc(NC(=O)Cc2noc3ccccc23)n[nH]1. The Morgan fingerprint density at radius 3 is 2.95 bits per heavy atom. The van der Waals surface area contributed by atoms with E-state index in [9.17, 15) is 4.79 Å². The quantitative estimate of drug-likeness (QED) is 0.771. The van der Waals surface area contributed by atoms with Gasteiger partial charge in [-0.3, -0.25) is 9.89 Å². The second-order valence-corrected chi connectivity index (χ2v) is 5.21. The zero-order valence-corrected chi connectivity index (χ0v) is 11.9. The Kier molecular flexibility index (Phi) is 3.43. The van der Waals surface area contributed by atoms with E-state index in [4.69, 9.17) is 4.52 Å². The van der Waals surface area contributed by atoms with Crippen LogP contribution in [0.15, 0.2) is 34.9 Å². The molecule has 2 heterocycles. The van der Waals surface area contributed by atoms with Crippen molar-refractivity contribution in [1.29, 1.82) is 0 Å². The number of para-hydroxylation sites is 1. The Labute approximate surface area is 121 Å². The molecule has 1 amide bonds. The Morgan fingerprint density at radius 1 is 1.38 bits per heavy atom. The number of H-pyrrole nitrogens is 1. The van der Waals surface area contributed by atoms with Gasteiger partial charge >= 0.3 is 0 Å². The van der Waals surface area contributed by atoms with Gasteiger partial charge in [-0.05, 0) is 18.1 Å². The highest BCUT2D eigenvalue weighted by Gasteiger charge is 2.13. The van der Waals surface area contributed by atoms with Gasteiger partial charge in [0.15, 0.2) is 11.4 Å². The first-order valence-corrected chi connectivity index (χ1v) is 6.82. The van der Waals surface area contributed by atoms with Crippen molar-refractivity contribution < 1.29 is 9.32 Å². The third-order valence-electron chi connectivity index (χ3n) is 3.27. The number of amides is 1. The smallest absolute Gasteiger partial charge is 0.231 e. The van der Waals surface area contributed by atoms with Gasteiger partial charge in [-0.15, -0.1) is 0 Å². The third-order valence-corrected chi connectivity index (χ3v) is 3.27. The van der Waals surface area contributed by atoms with Crippen molar-refractivity contribution in [2.75, 3.05) is 5.32 Å². The van der Waals surface area contributed by atoms with Gasteiger partial charge < -0.3 is 9.84 Å². The summed E-state index contributed by atoms with van der Waals surface area (Å²) in [5.41, 5.74) is 2.29. The fourth-order valence-corrected chi connectivity index (χ4v) is 2.10. The molecule has 0 bridgehead atoms. The van der Waals surface area contributed by atoms with Crippen molar-refractivity contribution in [3.63, 3.8) is 0 Å². The molecule has 0 aliphatic heterocycles. The predicted octanol–water partition coefficient (Wildman–Crippen LogP) is 2.86. The number of fused-ring (bicyclic) bond motifs is 1. The van der Waals surface area contributed by atoms with Crippen LogP contribution >= 0.6 is 0 Å². The van der Waals surface area contributed by atoms with Crippen LogP contribution in [-0.2, 0) is 11.2 Å². The van der Waals surface area contributed by atoms with Gasteiger partial charge in [0.25, 0.3) is 0 Å². The molecule has 0 aliphatic rings. The van der Waals surface area contributed by atoms with Crippen LogP contribution in [0.4, 0.5) is 5.82 Å². The zero-order chi connectivity index (χ0) is 14.8. The van der Waals surface area contributed by atoms with Crippen LogP contribution in [0.2, 0.25) is 0 Å². The first kappa shape index (κ1) is 13.4. The monoisotopic (exact) mass is 284 g/mol. The highest BCUT2D eigenvalue weighted by molar-refractivity contribution is 5.94. The number of hydrogen-bond donors (Lipinski definition) is 2. The molecule has 2 aromatic heterocycles. The van der Waals surface area contributed by atoms with E-state index >= 15 is 0 Å². The number of aromatic amines is 1. The molecule has 0 fully saturated rings. The third kappa shape index (κ3) is 2.79. The van der Waals surface area contributed by atoms with E-state index in [0.29, 0.717) is 23.0 Å². The molecule has 6 heteroatoms. The lowest BCUT2D eigenvalue weighted by Crippen LogP contribution is -2.15. The molecule has 3 aromatic rings. The van der Waals surface area contributed by atoms with E-state index < -0.39 is 0 Å². The highest BCUT2D eigenvalue weighted by atomic mass is 16.5. The van der Waals surface area contributed by atoms with Gasteiger partial charge in [-0.1, -0.05) is 31.1 Å². The molecule has 0 radical (unpaired) electrons. The Morgan fingerprint density at radius 2 is 2.19 bits per heavy atom. The number of carbonyl (C=O) groups excluding carboxylic acids is 1. The molecule has 6 nitrogen and oxygen atoms in total. The largest absolute Gasteiger partial charge is 0.356 e. The summed E-state index contributed by atoms with van der Waals surface area (Å²) in [5, 5.41) is 14.5. The minimum absolute atomic E-state index is 0.154. The van der Waals surface area contributed by atoms with Crippen molar-refractivity contribution in [2.24, 2.45) is 0 Å². The van der Waals surface area contributed by atoms with Crippen LogP contribution in [-0.4, -0.2) is 21.3 Å². The van der Waals surface area contributed by atoms with Crippen LogP contribution in [0.25, 0.3) is 11.0 Å². The molecule has 21 heavy (non-hydrogen) atoms. The average Bonchev–Trinajstić information content (AvgIpc) is 3.07. The maximum atomic E-state index is 12.1. The molecule has 0 spiro atoms. The summed E-state index contributed by atoms with van der Waals surface area (Å²) in [6, 6.07) is 9.31. The summed E-state index contributed by atoms with van der Waals surface area (Å²) >= 11 is 0. The van der Waals surface area contributed by atoms with E-state index in [0.717, 1.165) is 11.1 Å². The fraction of sp³-hybridized carbons (Fsp3) is 0.267. The average molecular weight is 284 g/mol. The number of nitrogens with zero attached hydrogens (tertiary/aromatic N) is 2. The van der Waals surface area contributed by atoms with Crippen molar-refractivity contribution in [1.82, 2.24) is 15.4 Å². The standard InChI is InChI=1S/C15H16N4O2/c1-9(2)11-7-14(18-17-11)16-15(20)8-12-10-5-3-4-6-13(10)21-19-12/h3-7,9H,8H2,1-2H3,(H2,16,17,18,20). The molecule has 0 aliphatic carbocycles. The second-order valence-electron chi connectivity index (χ2n) is 5.21. The molecule has 1 aromatic carbocycles. The molecule has 0 saturated heterocycles. The maximum absolute atomic E-state index is 12.1. The van der Waals surface area contributed by atoms with Crippen molar-refractivity contribution in [3.8, 4) is 0 Å². The Bertz CT molecular complexity index is 773. The molecule has 108 valence electrons. The lowest BCUT2D eigenvalue weighted by atomic mass is 10.1. The predicted molar refractivity (Wildman–Crippen MR) is 79.0 cm³/mol. The highest BCUT2D eigenvalue weighted by Crippen LogP contribution is 2.19. The molecule has 0 saturated carbocycles. The van der Waals surface area contributed by atoms with E-state index in [1.807, 2.05) is 30.3 Å². The van der Waals surface area contributed by atoms with E-state index in [1.165, 1.54) is 0 Å². The number of hydrogen-bond acceptors (Lipinski definition) is 4. The number of rotatable bonds is 4. The van der Waals surface area contributed by atoms with E-state index in [1.54, 1.807) is 0 Å². The molecule has 0 atom stereocenters. The Hall–Kier alpha value is -2.63. The first-order chi connectivity index (χ1) is 10.1. The zero-order valence-electron chi connectivity index (χ0n) is 11.9. The van der Waals surface area contributed by atoms with Crippen LogP contribution in [0, 0.1) is 0 Å². The van der Waals surface area contributed by atoms with Gasteiger partial charge in [0.05, 0.1) is 6.42 Å². The number of nitrogens with one attached hydrogen (secondary N) is 2. The number of carbonyl (C=O) groups is 1. The minimum Gasteiger partial charge on any atom is -0.356 e. The second kappa shape index (κ2) is 5.40. The lowest BCUT2D eigenvalue weighted by molar-refractivity contribution is -0.115. The number of aromatic nitrogens is 3. The molecule has 2 N–H and O–H groups in total. The summed E-state index contributed by atoms with van der Waals surface area (Å²) in [6.45, 7) is 4.11. The molecule has 0 unspecified atom stereocenters. The maximum Gasteiger partial charge on any atom is 0.231 e. The van der Waals surface area contributed by atoms with Gasteiger partial charge in [0, 0.05) is 17.1 Å². The first-order valence-electron chi connectivity index (χ1n) is 6.82. The van der Waals surface area contributed by atoms with Crippen molar-refractivity contribution >= 4 is 22.7 Å². The van der Waals surface area contributed by atoms with Crippen molar-refractivity contribution in [2.45, 2.75) is 26.2 Å². The van der Waals surface area contributed by atoms with Crippen LogP contribution in [0.5, 0.6) is 0 Å². The molecule has 3 rings (SSSR count). The van der Waals surface area contributed by atoms with Crippen LogP contribution in [0.3, 0.4) is 0 Å². The molecular weight excluding hydrogens is 268 g/mol. The summed E-state index contributed by atoms with van der Waals surface area (Å²) in [7, 11) is 0. The topological polar surface area (TPSA) is 83.8 Å².